The van der Waals surface area contributed by atoms with Crippen molar-refractivity contribution >= 4 is 11.6 Å². The van der Waals surface area contributed by atoms with Gasteiger partial charge in [-0.1, -0.05) is 30.3 Å². The van der Waals surface area contributed by atoms with Gasteiger partial charge in [-0.2, -0.15) is 0 Å². The van der Waals surface area contributed by atoms with E-state index in [-0.39, 0.29) is 6.04 Å². The largest absolute Gasteiger partial charge is 0.369 e. The SMILES string of the molecule is Cc1nc(NCCN(C)C)cc(NC(C)c2ccccc2)n1. The first-order chi connectivity index (χ1) is 10.5. The molecule has 2 aromatic rings. The van der Waals surface area contributed by atoms with Crippen molar-refractivity contribution in [1.82, 2.24) is 14.9 Å². The van der Waals surface area contributed by atoms with Crippen molar-refractivity contribution in [3.63, 3.8) is 0 Å². The number of nitrogens with zero attached hydrogens (tertiary/aromatic N) is 3. The number of aryl methyl sites for hydroxylation is 1. The highest BCUT2D eigenvalue weighted by Crippen LogP contribution is 2.19. The molecule has 5 nitrogen and oxygen atoms in total. The molecule has 0 saturated heterocycles. The van der Waals surface area contributed by atoms with Gasteiger partial charge >= 0.3 is 0 Å². The monoisotopic (exact) mass is 299 g/mol. The van der Waals surface area contributed by atoms with Crippen molar-refractivity contribution in [2.24, 2.45) is 0 Å². The molecule has 0 aliphatic heterocycles. The second-order valence-electron chi connectivity index (χ2n) is 5.69. The number of likely N-dealkylation sites (N-methyl/N-ethyl adjacent to an activating group) is 1. The standard InChI is InChI=1S/C17H25N5/c1-13(15-8-6-5-7-9-15)19-17-12-16(20-14(2)21-17)18-10-11-22(3)4/h5-9,12-13H,10-11H2,1-4H3,(H2,18,19,20,21). The highest BCUT2D eigenvalue weighted by atomic mass is 15.1. The van der Waals surface area contributed by atoms with E-state index in [4.69, 9.17) is 0 Å². The van der Waals surface area contributed by atoms with E-state index < -0.39 is 0 Å². The molecular weight excluding hydrogens is 274 g/mol. The number of benzene rings is 1. The predicted octanol–water partition coefficient (Wildman–Crippen LogP) is 2.93. The zero-order chi connectivity index (χ0) is 15.9. The zero-order valence-corrected chi connectivity index (χ0v) is 13.8. The summed E-state index contributed by atoms with van der Waals surface area (Å²) in [7, 11) is 4.11. The predicted molar refractivity (Wildman–Crippen MR) is 92.3 cm³/mol. The van der Waals surface area contributed by atoms with E-state index in [2.05, 4.69) is 58.7 Å². The van der Waals surface area contributed by atoms with Gasteiger partial charge in [0.25, 0.3) is 0 Å². The van der Waals surface area contributed by atoms with Gasteiger partial charge in [0, 0.05) is 25.2 Å². The van der Waals surface area contributed by atoms with Gasteiger partial charge in [-0.05, 0) is 33.5 Å². The number of aromatic nitrogens is 2. The summed E-state index contributed by atoms with van der Waals surface area (Å²) in [6.45, 7) is 5.87. The molecule has 2 N–H and O–H groups in total. The Balaban J connectivity index is 2.03. The Morgan fingerprint density at radius 1 is 1.09 bits per heavy atom. The molecule has 5 heteroatoms. The molecule has 1 unspecified atom stereocenters. The van der Waals surface area contributed by atoms with Gasteiger partial charge in [-0.3, -0.25) is 0 Å². The lowest BCUT2D eigenvalue weighted by atomic mass is 10.1. The summed E-state index contributed by atoms with van der Waals surface area (Å²) in [5.41, 5.74) is 1.24. The van der Waals surface area contributed by atoms with Gasteiger partial charge in [-0.25, -0.2) is 9.97 Å². The maximum Gasteiger partial charge on any atom is 0.132 e. The summed E-state index contributed by atoms with van der Waals surface area (Å²) in [6, 6.07) is 12.5. The Hall–Kier alpha value is -2.14. The maximum absolute atomic E-state index is 4.47. The van der Waals surface area contributed by atoms with Crippen LogP contribution in [0.3, 0.4) is 0 Å². The molecule has 22 heavy (non-hydrogen) atoms. The number of rotatable bonds is 7. The van der Waals surface area contributed by atoms with E-state index in [1.165, 1.54) is 5.56 Å². The Bertz CT molecular complexity index is 583. The van der Waals surface area contributed by atoms with Crippen LogP contribution in [0.25, 0.3) is 0 Å². The first-order valence-electron chi connectivity index (χ1n) is 7.60. The second kappa shape index (κ2) is 7.75. The van der Waals surface area contributed by atoms with Gasteiger partial charge in [0.15, 0.2) is 0 Å². The molecule has 0 aliphatic rings. The molecule has 1 aromatic carbocycles. The molecule has 0 aliphatic carbocycles. The molecule has 0 amide bonds. The first-order valence-corrected chi connectivity index (χ1v) is 7.60. The Morgan fingerprint density at radius 3 is 2.45 bits per heavy atom. The normalized spacial score (nSPS) is 12.2. The van der Waals surface area contributed by atoms with Crippen LogP contribution in [-0.2, 0) is 0 Å². The minimum atomic E-state index is 0.199. The van der Waals surface area contributed by atoms with Crippen LogP contribution < -0.4 is 10.6 Å². The average Bonchev–Trinajstić information content (AvgIpc) is 2.47. The molecule has 1 heterocycles. The van der Waals surface area contributed by atoms with E-state index in [0.717, 1.165) is 30.5 Å². The van der Waals surface area contributed by atoms with Crippen molar-refractivity contribution in [3.8, 4) is 0 Å². The molecular formula is C17H25N5. The second-order valence-corrected chi connectivity index (χ2v) is 5.69. The minimum Gasteiger partial charge on any atom is -0.369 e. The van der Waals surface area contributed by atoms with E-state index in [0.29, 0.717) is 0 Å². The number of hydrogen-bond donors (Lipinski definition) is 2. The number of hydrogen-bond acceptors (Lipinski definition) is 5. The van der Waals surface area contributed by atoms with Crippen LogP contribution in [0.1, 0.15) is 24.4 Å². The quantitative estimate of drug-likeness (QED) is 0.823. The Morgan fingerprint density at radius 2 is 1.77 bits per heavy atom. The topological polar surface area (TPSA) is 53.1 Å². The van der Waals surface area contributed by atoms with Crippen LogP contribution in [0.2, 0.25) is 0 Å². The van der Waals surface area contributed by atoms with Crippen LogP contribution in [0.5, 0.6) is 0 Å². The zero-order valence-electron chi connectivity index (χ0n) is 13.8. The molecule has 1 aromatic heterocycles. The van der Waals surface area contributed by atoms with Crippen molar-refractivity contribution in [2.75, 3.05) is 37.8 Å². The third-order valence-corrected chi connectivity index (χ3v) is 3.37. The van der Waals surface area contributed by atoms with E-state index >= 15 is 0 Å². The van der Waals surface area contributed by atoms with Gasteiger partial charge in [0.2, 0.25) is 0 Å². The van der Waals surface area contributed by atoms with E-state index in [1.54, 1.807) is 0 Å². The Kier molecular flexibility index (Phi) is 5.72. The average molecular weight is 299 g/mol. The van der Waals surface area contributed by atoms with Gasteiger partial charge in [0.1, 0.15) is 17.5 Å². The van der Waals surface area contributed by atoms with E-state index in [9.17, 15) is 0 Å². The highest BCUT2D eigenvalue weighted by Gasteiger charge is 2.07. The minimum absolute atomic E-state index is 0.199. The fraction of sp³-hybridized carbons (Fsp3) is 0.412. The van der Waals surface area contributed by atoms with Crippen LogP contribution in [0.4, 0.5) is 11.6 Å². The van der Waals surface area contributed by atoms with E-state index in [1.807, 2.05) is 31.2 Å². The number of anilines is 2. The molecule has 0 bridgehead atoms. The summed E-state index contributed by atoms with van der Waals surface area (Å²) >= 11 is 0. The van der Waals surface area contributed by atoms with Crippen LogP contribution >= 0.6 is 0 Å². The molecule has 0 radical (unpaired) electrons. The highest BCUT2D eigenvalue weighted by molar-refractivity contribution is 5.48. The Labute approximate surface area is 132 Å². The molecule has 1 atom stereocenters. The molecule has 0 fully saturated rings. The van der Waals surface area contributed by atoms with Gasteiger partial charge < -0.3 is 15.5 Å². The van der Waals surface area contributed by atoms with Crippen molar-refractivity contribution in [2.45, 2.75) is 19.9 Å². The maximum atomic E-state index is 4.47. The molecule has 0 saturated carbocycles. The molecule has 0 spiro atoms. The summed E-state index contributed by atoms with van der Waals surface area (Å²) in [4.78, 5) is 11.0. The fourth-order valence-corrected chi connectivity index (χ4v) is 2.19. The van der Waals surface area contributed by atoms with Gasteiger partial charge in [0.05, 0.1) is 0 Å². The summed E-state index contributed by atoms with van der Waals surface area (Å²) in [6.07, 6.45) is 0. The molecule has 118 valence electrons. The summed E-state index contributed by atoms with van der Waals surface area (Å²) in [5, 5.41) is 6.77. The van der Waals surface area contributed by atoms with Crippen molar-refractivity contribution in [3.05, 3.63) is 47.8 Å². The van der Waals surface area contributed by atoms with Crippen LogP contribution in [-0.4, -0.2) is 42.1 Å². The van der Waals surface area contributed by atoms with Gasteiger partial charge in [-0.15, -0.1) is 0 Å². The van der Waals surface area contributed by atoms with Crippen molar-refractivity contribution < 1.29 is 0 Å². The fourth-order valence-electron chi connectivity index (χ4n) is 2.19. The number of nitrogens with one attached hydrogen (secondary N) is 2. The lowest BCUT2D eigenvalue weighted by Gasteiger charge is -2.16. The molecule has 2 rings (SSSR count). The summed E-state index contributed by atoms with van der Waals surface area (Å²) < 4.78 is 0. The smallest absolute Gasteiger partial charge is 0.132 e. The third kappa shape index (κ3) is 5.00. The summed E-state index contributed by atoms with van der Waals surface area (Å²) in [5.74, 6) is 2.46. The van der Waals surface area contributed by atoms with Crippen LogP contribution in [0.15, 0.2) is 36.4 Å². The third-order valence-electron chi connectivity index (χ3n) is 3.37. The lowest BCUT2D eigenvalue weighted by molar-refractivity contribution is 0.425. The van der Waals surface area contributed by atoms with Crippen molar-refractivity contribution in [1.29, 1.82) is 0 Å². The lowest BCUT2D eigenvalue weighted by Crippen LogP contribution is -2.21. The first kappa shape index (κ1) is 16.2. The van der Waals surface area contributed by atoms with Crippen LogP contribution in [0, 0.1) is 6.92 Å².